The van der Waals surface area contributed by atoms with Crippen LogP contribution in [-0.4, -0.2) is 22.5 Å². The molecule has 23 heavy (non-hydrogen) atoms. The maximum absolute atomic E-state index is 12.1. The normalized spacial score (nSPS) is 13.4. The summed E-state index contributed by atoms with van der Waals surface area (Å²) >= 11 is 1.53. The van der Waals surface area contributed by atoms with E-state index in [1.165, 1.54) is 16.2 Å². The van der Waals surface area contributed by atoms with Crippen LogP contribution in [0.15, 0.2) is 36.5 Å². The molecule has 2 N–H and O–H groups in total. The largest absolute Gasteiger partial charge is 0.370 e. The van der Waals surface area contributed by atoms with Crippen molar-refractivity contribution in [1.29, 1.82) is 0 Å². The van der Waals surface area contributed by atoms with E-state index in [-0.39, 0.29) is 6.03 Å². The number of carbonyl (C=O) groups excluding carboxylic acids is 1. The van der Waals surface area contributed by atoms with E-state index in [1.807, 2.05) is 38.1 Å². The summed E-state index contributed by atoms with van der Waals surface area (Å²) in [7, 11) is 0. The van der Waals surface area contributed by atoms with Crippen molar-refractivity contribution in [3.05, 3.63) is 52.7 Å². The number of hydrogen-bond donors (Lipinski definition) is 2. The predicted molar refractivity (Wildman–Crippen MR) is 94.9 cm³/mol. The van der Waals surface area contributed by atoms with Gasteiger partial charge in [0.1, 0.15) is 0 Å². The van der Waals surface area contributed by atoms with Crippen molar-refractivity contribution in [2.24, 2.45) is 0 Å². The molecule has 0 bridgehead atoms. The Balaban J connectivity index is 1.65. The Hall–Kier alpha value is -2.34. The van der Waals surface area contributed by atoms with Crippen molar-refractivity contribution in [3.8, 4) is 0 Å². The fourth-order valence-corrected chi connectivity index (χ4v) is 3.58. The number of urea groups is 1. The number of benzene rings is 1. The first-order valence-corrected chi connectivity index (χ1v) is 8.36. The van der Waals surface area contributed by atoms with Crippen LogP contribution in [0, 0.1) is 6.92 Å². The molecule has 0 saturated heterocycles. The van der Waals surface area contributed by atoms with Gasteiger partial charge in [-0.15, -0.1) is 0 Å². The van der Waals surface area contributed by atoms with Crippen LogP contribution in [0.3, 0.4) is 0 Å². The van der Waals surface area contributed by atoms with E-state index in [1.54, 1.807) is 0 Å². The zero-order valence-electron chi connectivity index (χ0n) is 13.3. The first kappa shape index (κ1) is 15.6. The Kier molecular flexibility index (Phi) is 4.34. The van der Waals surface area contributed by atoms with E-state index >= 15 is 0 Å². The minimum Gasteiger partial charge on any atom is -0.370 e. The third-order valence-corrected chi connectivity index (χ3v) is 4.77. The molecule has 120 valence electrons. The summed E-state index contributed by atoms with van der Waals surface area (Å²) in [6, 6.07) is 7.44. The summed E-state index contributed by atoms with van der Waals surface area (Å²) in [5.74, 6) is 0. The van der Waals surface area contributed by atoms with E-state index in [9.17, 15) is 4.79 Å². The zero-order chi connectivity index (χ0) is 16.4. The first-order valence-electron chi connectivity index (χ1n) is 7.55. The van der Waals surface area contributed by atoms with Crippen LogP contribution < -0.4 is 10.6 Å². The minimum atomic E-state index is -0.265. The summed E-state index contributed by atoms with van der Waals surface area (Å²) < 4.78 is 0. The second kappa shape index (κ2) is 6.42. The summed E-state index contributed by atoms with van der Waals surface area (Å²) in [4.78, 5) is 20.1. The van der Waals surface area contributed by atoms with Gasteiger partial charge in [-0.2, -0.15) is 0 Å². The lowest BCUT2D eigenvalue weighted by Crippen LogP contribution is -2.27. The Labute approximate surface area is 140 Å². The maximum Gasteiger partial charge on any atom is 0.325 e. The lowest BCUT2D eigenvalue weighted by molar-refractivity contribution is 0.262. The lowest BCUT2D eigenvalue weighted by atomic mass is 10.2. The average Bonchev–Trinajstić information content (AvgIpc) is 2.87. The molecule has 5 nitrogen and oxygen atoms in total. The Morgan fingerprint density at radius 2 is 2.22 bits per heavy atom. The number of hydrogen-bond acceptors (Lipinski definition) is 4. The van der Waals surface area contributed by atoms with Crippen molar-refractivity contribution in [2.75, 3.05) is 17.2 Å². The average molecular weight is 328 g/mol. The highest BCUT2D eigenvalue weighted by molar-refractivity contribution is 7.15. The number of amides is 2. The van der Waals surface area contributed by atoms with Crippen molar-refractivity contribution < 1.29 is 4.79 Å². The highest BCUT2D eigenvalue weighted by Gasteiger charge is 2.21. The van der Waals surface area contributed by atoms with Crippen molar-refractivity contribution in [2.45, 2.75) is 26.8 Å². The number of allylic oxidation sites excluding steroid dienone is 1. The van der Waals surface area contributed by atoms with Gasteiger partial charge in [0, 0.05) is 29.2 Å². The Morgan fingerprint density at radius 1 is 1.39 bits per heavy atom. The lowest BCUT2D eigenvalue weighted by Gasteiger charge is -2.27. The van der Waals surface area contributed by atoms with Crippen LogP contribution in [0.4, 0.5) is 15.6 Å². The van der Waals surface area contributed by atoms with E-state index in [0.29, 0.717) is 5.13 Å². The van der Waals surface area contributed by atoms with Crippen LogP contribution in [0.2, 0.25) is 0 Å². The number of nitrogens with zero attached hydrogens (tertiary/aromatic N) is 2. The van der Waals surface area contributed by atoms with Crippen LogP contribution in [-0.2, 0) is 13.0 Å². The van der Waals surface area contributed by atoms with E-state index < -0.39 is 0 Å². The van der Waals surface area contributed by atoms with Crippen molar-refractivity contribution >= 4 is 28.2 Å². The van der Waals surface area contributed by atoms with Gasteiger partial charge in [0.15, 0.2) is 5.13 Å². The molecule has 0 radical (unpaired) electrons. The molecule has 1 aliphatic heterocycles. The molecule has 0 fully saturated rings. The molecule has 1 aromatic heterocycles. The van der Waals surface area contributed by atoms with Crippen LogP contribution in [0.25, 0.3) is 0 Å². The monoisotopic (exact) mass is 328 g/mol. The Bertz CT molecular complexity index is 753. The van der Waals surface area contributed by atoms with Gasteiger partial charge in [-0.25, -0.2) is 9.78 Å². The number of nitrogens with one attached hydrogen (secondary N) is 2. The quantitative estimate of drug-likeness (QED) is 0.896. The number of aromatic nitrogens is 1. The highest BCUT2D eigenvalue weighted by Crippen LogP contribution is 2.29. The van der Waals surface area contributed by atoms with Crippen LogP contribution >= 0.6 is 11.3 Å². The molecule has 3 rings (SSSR count). The fraction of sp³-hybridized carbons (Fsp3) is 0.294. The topological polar surface area (TPSA) is 57.3 Å². The van der Waals surface area contributed by atoms with Gasteiger partial charge in [0.25, 0.3) is 0 Å². The summed E-state index contributed by atoms with van der Waals surface area (Å²) in [6.45, 7) is 9.75. The number of fused-ring (bicyclic) bond motifs is 1. The van der Waals surface area contributed by atoms with E-state index in [2.05, 4.69) is 27.1 Å². The highest BCUT2D eigenvalue weighted by atomic mass is 32.1. The van der Waals surface area contributed by atoms with Gasteiger partial charge in [-0.05, 0) is 31.5 Å². The van der Waals surface area contributed by atoms with E-state index in [4.69, 9.17) is 0 Å². The third-order valence-electron chi connectivity index (χ3n) is 3.77. The van der Waals surface area contributed by atoms with Gasteiger partial charge in [0.2, 0.25) is 0 Å². The van der Waals surface area contributed by atoms with Crippen LogP contribution in [0.5, 0.6) is 0 Å². The van der Waals surface area contributed by atoms with Gasteiger partial charge >= 0.3 is 6.03 Å². The fourth-order valence-electron chi connectivity index (χ4n) is 2.56. The molecular weight excluding hydrogens is 308 g/mol. The molecule has 1 aromatic carbocycles. The van der Waals surface area contributed by atoms with E-state index in [0.717, 1.165) is 42.2 Å². The number of thiazole rings is 1. The molecular formula is C17H20N4OS. The van der Waals surface area contributed by atoms with Gasteiger partial charge < -0.3 is 10.2 Å². The summed E-state index contributed by atoms with van der Waals surface area (Å²) in [6.07, 6.45) is 0.889. The second-order valence-electron chi connectivity index (χ2n) is 5.74. The molecule has 6 heteroatoms. The SMILES string of the molecule is C=C(C)N1CCc2nc(NC(=O)Nc3cccc(C)c3)sc2C1. The molecule has 0 spiro atoms. The third kappa shape index (κ3) is 3.71. The number of anilines is 2. The summed E-state index contributed by atoms with van der Waals surface area (Å²) in [5, 5.41) is 6.30. The van der Waals surface area contributed by atoms with Gasteiger partial charge in [0.05, 0.1) is 12.2 Å². The molecule has 1 aliphatic rings. The van der Waals surface area contributed by atoms with Gasteiger partial charge in [-0.1, -0.05) is 30.0 Å². The standard InChI is InChI=1S/C17H20N4OS/c1-11(2)21-8-7-14-15(10-21)23-17(19-14)20-16(22)18-13-6-4-5-12(3)9-13/h4-6,9H,1,7-8,10H2,2-3H3,(H2,18,19,20,22). The minimum absolute atomic E-state index is 0.265. The number of aryl methyl sites for hydroxylation is 1. The second-order valence-corrected chi connectivity index (χ2v) is 6.83. The van der Waals surface area contributed by atoms with Crippen molar-refractivity contribution in [1.82, 2.24) is 9.88 Å². The number of rotatable bonds is 3. The zero-order valence-corrected chi connectivity index (χ0v) is 14.2. The van der Waals surface area contributed by atoms with Crippen LogP contribution in [0.1, 0.15) is 23.1 Å². The molecule has 0 aliphatic carbocycles. The van der Waals surface area contributed by atoms with Gasteiger partial charge in [-0.3, -0.25) is 5.32 Å². The molecule has 2 amide bonds. The number of carbonyl (C=O) groups is 1. The molecule has 2 aromatic rings. The smallest absolute Gasteiger partial charge is 0.325 e. The first-order chi connectivity index (χ1) is 11.0. The maximum atomic E-state index is 12.1. The molecule has 0 unspecified atom stereocenters. The predicted octanol–water partition coefficient (Wildman–Crippen LogP) is 3.99. The summed E-state index contributed by atoms with van der Waals surface area (Å²) in [5.41, 5.74) is 4.03. The molecule has 0 atom stereocenters. The Morgan fingerprint density at radius 3 is 2.96 bits per heavy atom. The molecule has 0 saturated carbocycles. The molecule has 2 heterocycles. The van der Waals surface area contributed by atoms with Crippen molar-refractivity contribution in [3.63, 3.8) is 0 Å².